The predicted molar refractivity (Wildman–Crippen MR) is 155 cm³/mol. The van der Waals surface area contributed by atoms with Gasteiger partial charge in [-0.2, -0.15) is 0 Å². The van der Waals surface area contributed by atoms with E-state index >= 15 is 0 Å². The Hall–Kier alpha value is -3.87. The van der Waals surface area contributed by atoms with Crippen molar-refractivity contribution in [1.29, 1.82) is 0 Å². The van der Waals surface area contributed by atoms with E-state index in [-0.39, 0.29) is 29.9 Å². The first-order chi connectivity index (χ1) is 18.6. The lowest BCUT2D eigenvalue weighted by atomic mass is 9.89. The van der Waals surface area contributed by atoms with Gasteiger partial charge in [0.1, 0.15) is 5.82 Å². The van der Waals surface area contributed by atoms with E-state index in [9.17, 15) is 14.0 Å². The number of pyridine rings is 1. The van der Waals surface area contributed by atoms with E-state index < -0.39 is 0 Å². The average Bonchev–Trinajstić information content (AvgIpc) is 3.24. The molecule has 7 heteroatoms. The zero-order valence-corrected chi connectivity index (χ0v) is 23.4. The van der Waals surface area contributed by atoms with Crippen LogP contribution in [0, 0.1) is 26.6 Å². The molecule has 1 saturated heterocycles. The number of hydrogen-bond donors (Lipinski definition) is 2. The SMILES string of the molecule is Cc1cc(C)c(CNC(=O)c2cc(N3CCC(c4ccc(F)cc4)CC3)cc3c2c(C)cn3C(C)C)c(=O)[nH]1. The quantitative estimate of drug-likeness (QED) is 0.309. The summed E-state index contributed by atoms with van der Waals surface area (Å²) in [6, 6.07) is 13.2. The molecular weight excluding hydrogens is 491 g/mol. The Bertz CT molecular complexity index is 1570. The van der Waals surface area contributed by atoms with Gasteiger partial charge in [-0.15, -0.1) is 0 Å². The molecule has 0 bridgehead atoms. The number of H-pyrrole nitrogens is 1. The highest BCUT2D eigenvalue weighted by atomic mass is 19.1. The normalized spacial score (nSPS) is 14.4. The first-order valence-electron chi connectivity index (χ1n) is 13.8. The average molecular weight is 529 g/mol. The highest BCUT2D eigenvalue weighted by Crippen LogP contribution is 2.35. The van der Waals surface area contributed by atoms with Crippen LogP contribution in [0.5, 0.6) is 0 Å². The van der Waals surface area contributed by atoms with Crippen LogP contribution in [-0.4, -0.2) is 28.5 Å². The Kier molecular flexibility index (Phi) is 7.34. The van der Waals surface area contributed by atoms with Crippen molar-refractivity contribution in [3.05, 3.63) is 98.3 Å². The lowest BCUT2D eigenvalue weighted by Gasteiger charge is -2.34. The molecule has 204 valence electrons. The molecule has 1 fully saturated rings. The molecule has 2 aromatic carbocycles. The van der Waals surface area contributed by atoms with E-state index in [0.29, 0.717) is 17.0 Å². The molecule has 1 aliphatic heterocycles. The van der Waals surface area contributed by atoms with Crippen LogP contribution in [0.2, 0.25) is 0 Å². The molecular formula is C32H37FN4O2. The van der Waals surface area contributed by atoms with Crippen molar-refractivity contribution in [1.82, 2.24) is 14.9 Å². The number of aryl methyl sites for hydroxylation is 3. The van der Waals surface area contributed by atoms with Crippen LogP contribution in [0.1, 0.15) is 77.0 Å². The molecule has 0 aliphatic carbocycles. The third kappa shape index (κ3) is 5.35. The monoisotopic (exact) mass is 528 g/mol. The zero-order valence-electron chi connectivity index (χ0n) is 23.4. The number of anilines is 1. The Morgan fingerprint density at radius 1 is 1.05 bits per heavy atom. The lowest BCUT2D eigenvalue weighted by molar-refractivity contribution is 0.0952. The maximum Gasteiger partial charge on any atom is 0.253 e. The summed E-state index contributed by atoms with van der Waals surface area (Å²) in [6.07, 6.45) is 4.04. The van der Waals surface area contributed by atoms with E-state index in [1.165, 1.54) is 17.7 Å². The summed E-state index contributed by atoms with van der Waals surface area (Å²) in [5, 5.41) is 3.97. The predicted octanol–water partition coefficient (Wildman–Crippen LogP) is 6.29. The van der Waals surface area contributed by atoms with Gasteiger partial charge in [0.25, 0.3) is 11.5 Å². The van der Waals surface area contributed by atoms with Crippen molar-refractivity contribution in [2.24, 2.45) is 0 Å². The number of benzene rings is 2. The van der Waals surface area contributed by atoms with Crippen molar-refractivity contribution in [2.45, 2.75) is 66.0 Å². The molecule has 2 aromatic heterocycles. The Morgan fingerprint density at radius 3 is 2.38 bits per heavy atom. The summed E-state index contributed by atoms with van der Waals surface area (Å²) in [5.74, 6) is -0.00104. The highest BCUT2D eigenvalue weighted by molar-refractivity contribution is 6.09. The Labute approximate surface area is 228 Å². The minimum atomic E-state index is -0.208. The van der Waals surface area contributed by atoms with Crippen LogP contribution in [-0.2, 0) is 6.54 Å². The second-order valence-corrected chi connectivity index (χ2v) is 11.1. The van der Waals surface area contributed by atoms with Crippen molar-refractivity contribution >= 4 is 22.5 Å². The van der Waals surface area contributed by atoms with Gasteiger partial charge in [0, 0.05) is 54.2 Å². The Balaban J connectivity index is 1.45. The van der Waals surface area contributed by atoms with Crippen molar-refractivity contribution in [3.8, 4) is 0 Å². The molecule has 0 radical (unpaired) electrons. The summed E-state index contributed by atoms with van der Waals surface area (Å²) in [4.78, 5) is 31.4. The fourth-order valence-corrected chi connectivity index (χ4v) is 5.93. The molecule has 3 heterocycles. The maximum absolute atomic E-state index is 13.7. The molecule has 0 atom stereocenters. The number of carbonyl (C=O) groups excluding carboxylic acids is 1. The summed E-state index contributed by atoms with van der Waals surface area (Å²) < 4.78 is 15.6. The fourth-order valence-electron chi connectivity index (χ4n) is 5.93. The van der Waals surface area contributed by atoms with Gasteiger partial charge in [-0.3, -0.25) is 9.59 Å². The van der Waals surface area contributed by atoms with Gasteiger partial charge in [-0.1, -0.05) is 12.1 Å². The zero-order chi connectivity index (χ0) is 27.8. The number of aromatic nitrogens is 2. The molecule has 5 rings (SSSR count). The molecule has 4 aromatic rings. The van der Waals surface area contributed by atoms with Gasteiger partial charge < -0.3 is 19.8 Å². The molecule has 2 N–H and O–H groups in total. The topological polar surface area (TPSA) is 70.1 Å². The maximum atomic E-state index is 13.7. The smallest absolute Gasteiger partial charge is 0.253 e. The number of hydrogen-bond acceptors (Lipinski definition) is 3. The van der Waals surface area contributed by atoms with Crippen molar-refractivity contribution < 1.29 is 9.18 Å². The second-order valence-electron chi connectivity index (χ2n) is 11.1. The molecule has 39 heavy (non-hydrogen) atoms. The molecule has 0 unspecified atom stereocenters. The largest absolute Gasteiger partial charge is 0.371 e. The first-order valence-corrected chi connectivity index (χ1v) is 13.8. The van der Waals surface area contributed by atoms with Gasteiger partial charge in [0.2, 0.25) is 0 Å². The standard InChI is InChI=1S/C32H37FN4O2/c1-19(2)37-18-21(4)30-27(31(38)34-17-28-20(3)14-22(5)35-32(28)39)15-26(16-29(30)37)36-12-10-24(11-13-36)23-6-8-25(33)9-7-23/h6-9,14-16,18-19,24H,10-13,17H2,1-5H3,(H,34,38)(H,35,39). The van der Waals surface area contributed by atoms with Gasteiger partial charge in [-0.25, -0.2) is 4.39 Å². The summed E-state index contributed by atoms with van der Waals surface area (Å²) >= 11 is 0. The number of halogens is 1. The van der Waals surface area contributed by atoms with Gasteiger partial charge in [-0.05, 0) is 100 Å². The van der Waals surface area contributed by atoms with E-state index in [4.69, 9.17) is 0 Å². The molecule has 0 saturated carbocycles. The van der Waals surface area contributed by atoms with Crippen molar-refractivity contribution in [2.75, 3.05) is 18.0 Å². The van der Waals surface area contributed by atoms with Gasteiger partial charge >= 0.3 is 0 Å². The van der Waals surface area contributed by atoms with E-state index in [1.807, 2.05) is 45.0 Å². The molecule has 1 amide bonds. The number of fused-ring (bicyclic) bond motifs is 1. The first kappa shape index (κ1) is 26.7. The van der Waals surface area contributed by atoms with E-state index in [0.717, 1.165) is 59.3 Å². The number of rotatable bonds is 6. The number of nitrogens with one attached hydrogen (secondary N) is 2. The number of carbonyl (C=O) groups is 1. The van der Waals surface area contributed by atoms with Crippen LogP contribution in [0.25, 0.3) is 10.9 Å². The second kappa shape index (κ2) is 10.7. The van der Waals surface area contributed by atoms with E-state index in [1.54, 1.807) is 0 Å². The summed E-state index contributed by atoms with van der Waals surface area (Å²) in [7, 11) is 0. The summed E-state index contributed by atoms with van der Waals surface area (Å²) in [5.41, 5.74) is 6.98. The fraction of sp³-hybridized carbons (Fsp3) is 0.375. The number of amides is 1. The lowest BCUT2D eigenvalue weighted by Crippen LogP contribution is -2.33. The van der Waals surface area contributed by atoms with Crippen LogP contribution >= 0.6 is 0 Å². The van der Waals surface area contributed by atoms with Gasteiger partial charge in [0.15, 0.2) is 0 Å². The molecule has 1 aliphatic rings. The molecule has 0 spiro atoms. The number of nitrogens with zero attached hydrogens (tertiary/aromatic N) is 2. The molecule has 6 nitrogen and oxygen atoms in total. The number of piperidine rings is 1. The van der Waals surface area contributed by atoms with Crippen molar-refractivity contribution in [3.63, 3.8) is 0 Å². The third-order valence-electron chi connectivity index (χ3n) is 8.03. The Morgan fingerprint density at radius 2 is 1.74 bits per heavy atom. The van der Waals surface area contributed by atoms with Gasteiger partial charge in [0.05, 0.1) is 11.1 Å². The number of aromatic amines is 1. The highest BCUT2D eigenvalue weighted by Gasteiger charge is 2.24. The minimum absolute atomic E-state index is 0.166. The van der Waals surface area contributed by atoms with Crippen LogP contribution < -0.4 is 15.8 Å². The van der Waals surface area contributed by atoms with Crippen LogP contribution in [0.3, 0.4) is 0 Å². The third-order valence-corrected chi connectivity index (χ3v) is 8.03. The minimum Gasteiger partial charge on any atom is -0.371 e. The van der Waals surface area contributed by atoms with Crippen LogP contribution in [0.4, 0.5) is 10.1 Å². The van der Waals surface area contributed by atoms with Crippen LogP contribution in [0.15, 0.2) is 53.5 Å². The summed E-state index contributed by atoms with van der Waals surface area (Å²) in [6.45, 7) is 12.0. The van der Waals surface area contributed by atoms with E-state index in [2.05, 4.69) is 45.9 Å².